The Morgan fingerprint density at radius 3 is 2.78 bits per heavy atom. The summed E-state index contributed by atoms with van der Waals surface area (Å²) in [5.41, 5.74) is 1.99. The summed E-state index contributed by atoms with van der Waals surface area (Å²) in [6.07, 6.45) is 4.03. The smallest absolute Gasteiger partial charge is 0.131 e. The first kappa shape index (κ1) is 13.3. The minimum atomic E-state index is 0.0534. The fraction of sp³-hybridized carbons (Fsp3) is 0.643. The zero-order valence-corrected chi connectivity index (χ0v) is 11.2. The SMILES string of the molecule is Cc1cc(CO)cnc1N(C)CC1CCOCC1. The highest BCUT2D eigenvalue weighted by Gasteiger charge is 2.17. The van der Waals surface area contributed by atoms with Gasteiger partial charge in [-0.25, -0.2) is 4.98 Å². The minimum absolute atomic E-state index is 0.0534. The van der Waals surface area contributed by atoms with E-state index in [2.05, 4.69) is 16.9 Å². The molecule has 0 amide bonds. The molecule has 0 saturated carbocycles. The molecule has 1 aromatic rings. The number of ether oxygens (including phenoxy) is 1. The van der Waals surface area contributed by atoms with Gasteiger partial charge in [-0.2, -0.15) is 0 Å². The number of rotatable bonds is 4. The molecule has 1 aliphatic rings. The third-order valence-corrected chi connectivity index (χ3v) is 3.52. The normalized spacial score (nSPS) is 16.8. The summed E-state index contributed by atoms with van der Waals surface area (Å²) < 4.78 is 5.38. The average molecular weight is 250 g/mol. The van der Waals surface area contributed by atoms with Gasteiger partial charge in [0.15, 0.2) is 0 Å². The highest BCUT2D eigenvalue weighted by molar-refractivity contribution is 5.46. The maximum absolute atomic E-state index is 9.09. The van der Waals surface area contributed by atoms with Gasteiger partial charge in [-0.05, 0) is 42.9 Å². The third-order valence-electron chi connectivity index (χ3n) is 3.52. The van der Waals surface area contributed by atoms with Crippen LogP contribution in [0.3, 0.4) is 0 Å². The Bertz CT molecular complexity index is 389. The maximum atomic E-state index is 9.09. The number of aromatic nitrogens is 1. The Kier molecular flexibility index (Phi) is 4.55. The van der Waals surface area contributed by atoms with E-state index in [9.17, 15) is 0 Å². The molecule has 0 aliphatic carbocycles. The van der Waals surface area contributed by atoms with Gasteiger partial charge in [0.2, 0.25) is 0 Å². The lowest BCUT2D eigenvalue weighted by Crippen LogP contribution is -2.30. The molecular weight excluding hydrogens is 228 g/mol. The first-order valence-corrected chi connectivity index (χ1v) is 6.56. The number of pyridine rings is 1. The molecule has 4 heteroatoms. The largest absolute Gasteiger partial charge is 0.392 e. The van der Waals surface area contributed by atoms with Gasteiger partial charge >= 0.3 is 0 Å². The number of hydrogen-bond donors (Lipinski definition) is 1. The average Bonchev–Trinajstić information content (AvgIpc) is 2.39. The van der Waals surface area contributed by atoms with Crippen molar-refractivity contribution in [3.8, 4) is 0 Å². The van der Waals surface area contributed by atoms with Gasteiger partial charge in [-0.15, -0.1) is 0 Å². The summed E-state index contributed by atoms with van der Waals surface area (Å²) in [5, 5.41) is 9.09. The van der Waals surface area contributed by atoms with Crippen LogP contribution in [0.25, 0.3) is 0 Å². The maximum Gasteiger partial charge on any atom is 0.131 e. The molecule has 18 heavy (non-hydrogen) atoms. The van der Waals surface area contributed by atoms with Crippen molar-refractivity contribution >= 4 is 5.82 Å². The minimum Gasteiger partial charge on any atom is -0.392 e. The predicted octanol–water partition coefficient (Wildman–Crippen LogP) is 1.75. The van der Waals surface area contributed by atoms with E-state index in [4.69, 9.17) is 9.84 Å². The molecule has 2 heterocycles. The van der Waals surface area contributed by atoms with Crippen LogP contribution in [0, 0.1) is 12.8 Å². The summed E-state index contributed by atoms with van der Waals surface area (Å²) in [7, 11) is 2.09. The van der Waals surface area contributed by atoms with Crippen molar-refractivity contribution in [1.82, 2.24) is 4.98 Å². The van der Waals surface area contributed by atoms with E-state index in [0.29, 0.717) is 5.92 Å². The van der Waals surface area contributed by atoms with Crippen molar-refractivity contribution < 1.29 is 9.84 Å². The van der Waals surface area contributed by atoms with Crippen LogP contribution < -0.4 is 4.90 Å². The van der Waals surface area contributed by atoms with Crippen LogP contribution in [0.5, 0.6) is 0 Å². The highest BCUT2D eigenvalue weighted by Crippen LogP contribution is 2.21. The topological polar surface area (TPSA) is 45.6 Å². The number of aliphatic hydroxyl groups is 1. The Balaban J connectivity index is 2.01. The number of aryl methyl sites for hydroxylation is 1. The summed E-state index contributed by atoms with van der Waals surface area (Å²) in [5.74, 6) is 1.71. The Labute approximate surface area is 109 Å². The van der Waals surface area contributed by atoms with Crippen LogP contribution in [0.15, 0.2) is 12.3 Å². The van der Waals surface area contributed by atoms with Crippen molar-refractivity contribution in [2.45, 2.75) is 26.4 Å². The zero-order chi connectivity index (χ0) is 13.0. The lowest BCUT2D eigenvalue weighted by atomic mass is 10.00. The first-order chi connectivity index (χ1) is 8.70. The molecule has 1 N–H and O–H groups in total. The molecule has 0 bridgehead atoms. The summed E-state index contributed by atoms with van der Waals surface area (Å²) in [4.78, 5) is 6.66. The second-order valence-corrected chi connectivity index (χ2v) is 5.08. The third kappa shape index (κ3) is 3.21. The molecule has 1 saturated heterocycles. The van der Waals surface area contributed by atoms with E-state index in [0.717, 1.165) is 49.5 Å². The Hall–Kier alpha value is -1.13. The second-order valence-electron chi connectivity index (χ2n) is 5.08. The van der Waals surface area contributed by atoms with Crippen molar-refractivity contribution in [3.05, 3.63) is 23.4 Å². The lowest BCUT2D eigenvalue weighted by molar-refractivity contribution is 0.0685. The first-order valence-electron chi connectivity index (χ1n) is 6.56. The fourth-order valence-electron chi connectivity index (χ4n) is 2.51. The lowest BCUT2D eigenvalue weighted by Gasteiger charge is -2.28. The number of nitrogens with zero attached hydrogens (tertiary/aromatic N) is 2. The molecule has 0 atom stereocenters. The van der Waals surface area contributed by atoms with Crippen LogP contribution in [-0.2, 0) is 11.3 Å². The van der Waals surface area contributed by atoms with Crippen molar-refractivity contribution in [2.24, 2.45) is 5.92 Å². The van der Waals surface area contributed by atoms with Crippen LogP contribution in [0.4, 0.5) is 5.82 Å². The van der Waals surface area contributed by atoms with E-state index in [-0.39, 0.29) is 6.61 Å². The van der Waals surface area contributed by atoms with E-state index in [1.807, 2.05) is 13.0 Å². The number of aliphatic hydroxyl groups excluding tert-OH is 1. The van der Waals surface area contributed by atoms with Crippen LogP contribution >= 0.6 is 0 Å². The molecule has 0 spiro atoms. The van der Waals surface area contributed by atoms with Crippen molar-refractivity contribution in [1.29, 1.82) is 0 Å². The molecule has 100 valence electrons. The Morgan fingerprint density at radius 2 is 2.17 bits per heavy atom. The monoisotopic (exact) mass is 250 g/mol. The van der Waals surface area contributed by atoms with Gasteiger partial charge in [-0.3, -0.25) is 0 Å². The Morgan fingerprint density at radius 1 is 1.44 bits per heavy atom. The van der Waals surface area contributed by atoms with Gasteiger partial charge in [0.1, 0.15) is 5.82 Å². The van der Waals surface area contributed by atoms with Gasteiger partial charge in [-0.1, -0.05) is 0 Å². The molecule has 0 unspecified atom stereocenters. The van der Waals surface area contributed by atoms with E-state index < -0.39 is 0 Å². The van der Waals surface area contributed by atoms with Gasteiger partial charge in [0.25, 0.3) is 0 Å². The number of anilines is 1. The van der Waals surface area contributed by atoms with E-state index >= 15 is 0 Å². The quantitative estimate of drug-likeness (QED) is 0.884. The van der Waals surface area contributed by atoms with Crippen LogP contribution in [0.1, 0.15) is 24.0 Å². The molecule has 1 aliphatic heterocycles. The fourth-order valence-corrected chi connectivity index (χ4v) is 2.51. The second kappa shape index (κ2) is 6.16. The van der Waals surface area contributed by atoms with E-state index in [1.54, 1.807) is 6.20 Å². The predicted molar refractivity (Wildman–Crippen MR) is 71.7 cm³/mol. The molecule has 0 radical (unpaired) electrons. The molecule has 2 rings (SSSR count). The van der Waals surface area contributed by atoms with E-state index in [1.165, 1.54) is 0 Å². The highest BCUT2D eigenvalue weighted by atomic mass is 16.5. The molecule has 1 aromatic heterocycles. The summed E-state index contributed by atoms with van der Waals surface area (Å²) in [6.45, 7) is 4.89. The van der Waals surface area contributed by atoms with Gasteiger partial charge in [0.05, 0.1) is 6.61 Å². The van der Waals surface area contributed by atoms with Gasteiger partial charge < -0.3 is 14.7 Å². The molecule has 0 aromatic carbocycles. The van der Waals surface area contributed by atoms with Crippen molar-refractivity contribution in [3.63, 3.8) is 0 Å². The van der Waals surface area contributed by atoms with Crippen molar-refractivity contribution in [2.75, 3.05) is 31.7 Å². The van der Waals surface area contributed by atoms with Crippen LogP contribution in [-0.4, -0.2) is 36.9 Å². The zero-order valence-electron chi connectivity index (χ0n) is 11.2. The molecular formula is C14H22N2O2. The van der Waals surface area contributed by atoms with Crippen LogP contribution in [0.2, 0.25) is 0 Å². The summed E-state index contributed by atoms with van der Waals surface area (Å²) in [6, 6.07) is 2.00. The number of hydrogen-bond acceptors (Lipinski definition) is 4. The van der Waals surface area contributed by atoms with Gasteiger partial charge in [0, 0.05) is 33.0 Å². The molecule has 1 fully saturated rings. The summed E-state index contributed by atoms with van der Waals surface area (Å²) >= 11 is 0. The standard InChI is InChI=1S/C14H22N2O2/c1-11-7-13(10-17)8-15-14(11)16(2)9-12-3-5-18-6-4-12/h7-8,12,17H,3-6,9-10H2,1-2H3. The molecule has 4 nitrogen and oxygen atoms in total.